The molecule has 2 heterocycles. The lowest BCUT2D eigenvalue weighted by atomic mass is 10.1. The fourth-order valence-corrected chi connectivity index (χ4v) is 5.58. The van der Waals surface area contributed by atoms with Crippen molar-refractivity contribution in [1.29, 1.82) is 0 Å². The van der Waals surface area contributed by atoms with E-state index in [-0.39, 0.29) is 5.91 Å². The van der Waals surface area contributed by atoms with Crippen LogP contribution in [-0.2, 0) is 0 Å². The molecule has 5 rings (SSSR count). The minimum absolute atomic E-state index is 0.00144. The first-order valence-corrected chi connectivity index (χ1v) is 14.4. The van der Waals surface area contributed by atoms with Gasteiger partial charge in [-0.05, 0) is 49.6 Å². The number of hydrogen-bond donors (Lipinski definition) is 2. The highest BCUT2D eigenvalue weighted by molar-refractivity contribution is 6.04. The molecule has 2 aliphatic rings. The molecule has 3 amide bonds. The molecule has 0 atom stereocenters. The number of amides is 3. The van der Waals surface area contributed by atoms with E-state index in [1.54, 1.807) is 45.6 Å². The normalized spacial score (nSPS) is 15.2. The summed E-state index contributed by atoms with van der Waals surface area (Å²) in [5, 5.41) is 5.72. The third kappa shape index (κ3) is 6.64. The van der Waals surface area contributed by atoms with Gasteiger partial charge < -0.3 is 39.5 Å². The Kier molecular flexibility index (Phi) is 9.21. The van der Waals surface area contributed by atoms with Crippen molar-refractivity contribution in [3.63, 3.8) is 0 Å². The molecule has 10 nitrogen and oxygen atoms in total. The van der Waals surface area contributed by atoms with Gasteiger partial charge in [-0.2, -0.15) is 0 Å². The summed E-state index contributed by atoms with van der Waals surface area (Å²) in [5.41, 5.74) is 3.62. The number of nitrogens with one attached hydrogen (secondary N) is 2. The Balaban J connectivity index is 1.35. The van der Waals surface area contributed by atoms with Gasteiger partial charge in [0, 0.05) is 74.5 Å². The smallest absolute Gasteiger partial charge is 0.323 e. The minimum Gasteiger partial charge on any atom is -0.497 e. The summed E-state index contributed by atoms with van der Waals surface area (Å²) in [6.45, 7) is 4.59. The lowest BCUT2D eigenvalue weighted by Crippen LogP contribution is -2.47. The van der Waals surface area contributed by atoms with Crippen LogP contribution >= 0.6 is 0 Å². The second kappa shape index (κ2) is 13.4. The molecule has 0 aliphatic carbocycles. The molecule has 10 heteroatoms. The molecule has 0 unspecified atom stereocenters. The predicted octanol–water partition coefficient (Wildman–Crippen LogP) is 5.31. The molecular formula is C32H39N5O5. The van der Waals surface area contributed by atoms with Crippen LogP contribution in [0.2, 0.25) is 0 Å². The van der Waals surface area contributed by atoms with Crippen molar-refractivity contribution < 1.29 is 23.8 Å². The van der Waals surface area contributed by atoms with Crippen LogP contribution in [0, 0.1) is 0 Å². The van der Waals surface area contributed by atoms with E-state index < -0.39 is 6.03 Å². The van der Waals surface area contributed by atoms with E-state index in [1.165, 1.54) is 0 Å². The SMILES string of the molecule is COc1cc(NC(=O)Nc2ccc(N3CCN(c4ccccc4OC)CC3)c(C(=O)N3CCCCC3)c2)cc(OC)c1. The number of urea groups is 1. The first-order chi connectivity index (χ1) is 20.5. The van der Waals surface area contributed by atoms with Gasteiger partial charge in [0.1, 0.15) is 17.2 Å². The molecule has 0 radical (unpaired) electrons. The predicted molar refractivity (Wildman–Crippen MR) is 166 cm³/mol. The molecule has 222 valence electrons. The monoisotopic (exact) mass is 573 g/mol. The van der Waals surface area contributed by atoms with Gasteiger partial charge in [-0.1, -0.05) is 12.1 Å². The second-order valence-electron chi connectivity index (χ2n) is 10.4. The van der Waals surface area contributed by atoms with E-state index in [4.69, 9.17) is 14.2 Å². The number of carbonyl (C=O) groups is 2. The molecule has 42 heavy (non-hydrogen) atoms. The Morgan fingerprint density at radius 1 is 0.643 bits per heavy atom. The van der Waals surface area contributed by atoms with E-state index >= 15 is 0 Å². The third-order valence-corrected chi connectivity index (χ3v) is 7.78. The summed E-state index contributed by atoms with van der Waals surface area (Å²) in [7, 11) is 4.80. The fraction of sp³-hybridized carbons (Fsp3) is 0.375. The van der Waals surface area contributed by atoms with Crippen LogP contribution in [0.15, 0.2) is 60.7 Å². The number of nitrogens with zero attached hydrogens (tertiary/aromatic N) is 3. The Labute approximate surface area is 247 Å². The summed E-state index contributed by atoms with van der Waals surface area (Å²) >= 11 is 0. The number of piperidine rings is 1. The number of anilines is 4. The number of benzene rings is 3. The third-order valence-electron chi connectivity index (χ3n) is 7.78. The topological polar surface area (TPSA) is 95.6 Å². The molecule has 0 aromatic heterocycles. The zero-order chi connectivity index (χ0) is 29.5. The van der Waals surface area contributed by atoms with Crippen molar-refractivity contribution in [3.8, 4) is 17.2 Å². The van der Waals surface area contributed by atoms with Gasteiger partial charge in [-0.25, -0.2) is 4.79 Å². The standard InChI is InChI=1S/C32H39N5O5/c1-40-25-19-24(20-26(22-25)41-2)34-32(39)33-23-11-12-28(27(21-23)31(38)37-13-7-4-8-14-37)35-15-17-36(18-16-35)29-9-5-6-10-30(29)42-3/h5-6,9-12,19-22H,4,7-8,13-18H2,1-3H3,(H2,33,34,39). The second-order valence-corrected chi connectivity index (χ2v) is 10.4. The summed E-state index contributed by atoms with van der Waals surface area (Å²) < 4.78 is 16.2. The van der Waals surface area contributed by atoms with Crippen LogP contribution in [0.4, 0.5) is 27.5 Å². The zero-order valence-electron chi connectivity index (χ0n) is 24.5. The fourth-order valence-electron chi connectivity index (χ4n) is 5.58. The Bertz CT molecular complexity index is 1380. The van der Waals surface area contributed by atoms with E-state index in [0.717, 1.165) is 75.7 Å². The number of hydrogen-bond acceptors (Lipinski definition) is 7. The molecule has 2 saturated heterocycles. The van der Waals surface area contributed by atoms with E-state index in [0.29, 0.717) is 28.4 Å². The molecule has 0 saturated carbocycles. The highest BCUT2D eigenvalue weighted by Gasteiger charge is 2.26. The van der Waals surface area contributed by atoms with E-state index in [1.807, 2.05) is 35.2 Å². The molecule has 2 N–H and O–H groups in total. The van der Waals surface area contributed by atoms with Gasteiger partial charge in [0.25, 0.3) is 5.91 Å². The van der Waals surface area contributed by atoms with Crippen LogP contribution in [-0.4, -0.2) is 77.4 Å². The highest BCUT2D eigenvalue weighted by atomic mass is 16.5. The van der Waals surface area contributed by atoms with Crippen LogP contribution in [0.5, 0.6) is 17.2 Å². The number of likely N-dealkylation sites (tertiary alicyclic amines) is 1. The molecule has 0 bridgehead atoms. The van der Waals surface area contributed by atoms with Crippen molar-refractivity contribution in [3.05, 3.63) is 66.2 Å². The Morgan fingerprint density at radius 3 is 1.90 bits per heavy atom. The Morgan fingerprint density at radius 2 is 1.26 bits per heavy atom. The molecule has 3 aromatic rings. The first kappa shape index (κ1) is 28.9. The summed E-state index contributed by atoms with van der Waals surface area (Å²) in [6.07, 6.45) is 3.14. The van der Waals surface area contributed by atoms with Gasteiger partial charge in [0.2, 0.25) is 0 Å². The number of methoxy groups -OCH3 is 3. The van der Waals surface area contributed by atoms with Crippen molar-refractivity contribution >= 4 is 34.7 Å². The van der Waals surface area contributed by atoms with Gasteiger partial charge in [-0.15, -0.1) is 0 Å². The van der Waals surface area contributed by atoms with Crippen LogP contribution in [0.25, 0.3) is 0 Å². The summed E-state index contributed by atoms with van der Waals surface area (Å²) in [4.78, 5) is 33.3. The maximum Gasteiger partial charge on any atom is 0.323 e. The lowest BCUT2D eigenvalue weighted by molar-refractivity contribution is 0.0725. The van der Waals surface area contributed by atoms with Crippen molar-refractivity contribution in [1.82, 2.24) is 4.90 Å². The highest BCUT2D eigenvalue weighted by Crippen LogP contribution is 2.32. The molecule has 0 spiro atoms. The van der Waals surface area contributed by atoms with Crippen LogP contribution in [0.3, 0.4) is 0 Å². The van der Waals surface area contributed by atoms with Gasteiger partial charge in [-0.3, -0.25) is 4.79 Å². The first-order valence-electron chi connectivity index (χ1n) is 14.4. The number of carbonyl (C=O) groups excluding carboxylic acids is 2. The van der Waals surface area contributed by atoms with E-state index in [2.05, 4.69) is 26.5 Å². The van der Waals surface area contributed by atoms with Crippen molar-refractivity contribution in [2.24, 2.45) is 0 Å². The lowest BCUT2D eigenvalue weighted by Gasteiger charge is -2.39. The largest absolute Gasteiger partial charge is 0.497 e. The average molecular weight is 574 g/mol. The molecular weight excluding hydrogens is 534 g/mol. The number of piperazine rings is 1. The molecule has 2 fully saturated rings. The van der Waals surface area contributed by atoms with Crippen molar-refractivity contribution in [2.45, 2.75) is 19.3 Å². The quantitative estimate of drug-likeness (QED) is 0.377. The number of para-hydroxylation sites is 2. The van der Waals surface area contributed by atoms with Gasteiger partial charge in [0.15, 0.2) is 0 Å². The summed E-state index contributed by atoms with van der Waals surface area (Å²) in [6, 6.07) is 18.4. The van der Waals surface area contributed by atoms with Crippen molar-refractivity contribution in [2.75, 3.05) is 81.0 Å². The molecule has 2 aliphatic heterocycles. The average Bonchev–Trinajstić information content (AvgIpc) is 3.04. The maximum absolute atomic E-state index is 13.8. The minimum atomic E-state index is -0.431. The van der Waals surface area contributed by atoms with Gasteiger partial charge >= 0.3 is 6.03 Å². The number of ether oxygens (including phenoxy) is 3. The Hall–Kier alpha value is -4.60. The van der Waals surface area contributed by atoms with Gasteiger partial charge in [0.05, 0.1) is 32.6 Å². The molecule has 3 aromatic carbocycles. The number of rotatable bonds is 8. The van der Waals surface area contributed by atoms with Crippen LogP contribution in [0.1, 0.15) is 29.6 Å². The maximum atomic E-state index is 13.8. The summed E-state index contributed by atoms with van der Waals surface area (Å²) in [5.74, 6) is 1.98. The van der Waals surface area contributed by atoms with E-state index in [9.17, 15) is 9.59 Å². The van der Waals surface area contributed by atoms with Crippen LogP contribution < -0.4 is 34.6 Å². The zero-order valence-corrected chi connectivity index (χ0v) is 24.5.